The summed E-state index contributed by atoms with van der Waals surface area (Å²) in [6.07, 6.45) is -2.96. The average molecular weight is 442 g/mol. The molecule has 3 heterocycles. The van der Waals surface area contributed by atoms with Crippen molar-refractivity contribution in [2.75, 3.05) is 0 Å². The van der Waals surface area contributed by atoms with Gasteiger partial charge in [0.2, 0.25) is 0 Å². The average Bonchev–Trinajstić information content (AvgIpc) is 3.36. The van der Waals surface area contributed by atoms with Gasteiger partial charge >= 0.3 is 6.18 Å². The predicted octanol–water partition coefficient (Wildman–Crippen LogP) is 4.20. The summed E-state index contributed by atoms with van der Waals surface area (Å²) in [7, 11) is 1.74. The zero-order chi connectivity index (χ0) is 23.0. The molecule has 0 saturated heterocycles. The van der Waals surface area contributed by atoms with Crippen LogP contribution in [0.3, 0.4) is 0 Å². The van der Waals surface area contributed by atoms with Crippen LogP contribution in [0.1, 0.15) is 47.2 Å². The largest absolute Gasteiger partial charge is 0.433 e. The predicted molar refractivity (Wildman–Crippen MR) is 112 cm³/mol. The van der Waals surface area contributed by atoms with Gasteiger partial charge in [-0.3, -0.25) is 9.48 Å². The van der Waals surface area contributed by atoms with E-state index in [9.17, 15) is 18.0 Å². The van der Waals surface area contributed by atoms with Gasteiger partial charge in [-0.1, -0.05) is 38.1 Å². The Bertz CT molecular complexity index is 1270. The summed E-state index contributed by atoms with van der Waals surface area (Å²) in [5.41, 5.74) is 1.16. The molecule has 0 aliphatic heterocycles. The number of hydrogen-bond acceptors (Lipinski definition) is 4. The Labute approximate surface area is 181 Å². The molecule has 0 radical (unpaired) electrons. The molecule has 4 aromatic rings. The maximum absolute atomic E-state index is 13.8. The molecular formula is C22H21F3N6O. The van der Waals surface area contributed by atoms with E-state index in [1.54, 1.807) is 36.1 Å². The molecule has 0 aliphatic rings. The number of aryl methyl sites for hydroxylation is 1. The first-order valence-corrected chi connectivity index (χ1v) is 9.97. The number of carbonyl (C=O) groups is 1. The van der Waals surface area contributed by atoms with Crippen molar-refractivity contribution in [3.8, 4) is 11.3 Å². The number of carbonyl (C=O) groups excluding carboxylic acids is 1. The van der Waals surface area contributed by atoms with Crippen LogP contribution in [-0.2, 0) is 19.8 Å². The Balaban J connectivity index is 1.69. The molecule has 4 rings (SSSR count). The molecule has 0 atom stereocenters. The van der Waals surface area contributed by atoms with Gasteiger partial charge in [-0.15, -0.1) is 0 Å². The lowest BCUT2D eigenvalue weighted by atomic mass is 10.0. The number of nitrogens with one attached hydrogen (secondary N) is 1. The molecule has 0 spiro atoms. The minimum Gasteiger partial charge on any atom is -0.345 e. The number of benzene rings is 1. The molecule has 1 amide bonds. The summed E-state index contributed by atoms with van der Waals surface area (Å²) in [6, 6.07) is 11.1. The third kappa shape index (κ3) is 4.34. The van der Waals surface area contributed by atoms with E-state index in [1.165, 1.54) is 6.07 Å². The van der Waals surface area contributed by atoms with E-state index in [2.05, 4.69) is 20.5 Å². The van der Waals surface area contributed by atoms with Crippen LogP contribution in [0, 0.1) is 0 Å². The number of hydrogen-bond donors (Lipinski definition) is 1. The third-order valence-electron chi connectivity index (χ3n) is 5.02. The first-order chi connectivity index (χ1) is 15.1. The third-order valence-corrected chi connectivity index (χ3v) is 5.02. The molecular weight excluding hydrogens is 421 g/mol. The topological polar surface area (TPSA) is 77.1 Å². The van der Waals surface area contributed by atoms with Crippen LogP contribution in [-0.4, -0.2) is 30.3 Å². The number of amides is 1. The SMILES string of the molecule is CC(C)c1ccc(-c2cc(C(F)(F)F)n3nc(C(=O)NCc4ccn(C)n4)cc3n2)cc1. The maximum Gasteiger partial charge on any atom is 0.433 e. The molecule has 0 unspecified atom stereocenters. The molecule has 0 fully saturated rings. The zero-order valence-electron chi connectivity index (χ0n) is 17.7. The normalized spacial score (nSPS) is 12.0. The Morgan fingerprint density at radius 3 is 2.41 bits per heavy atom. The van der Waals surface area contributed by atoms with Crippen LogP contribution < -0.4 is 5.32 Å². The molecule has 1 aromatic carbocycles. The molecule has 10 heteroatoms. The van der Waals surface area contributed by atoms with Gasteiger partial charge in [-0.25, -0.2) is 9.50 Å². The van der Waals surface area contributed by atoms with E-state index in [1.807, 2.05) is 26.0 Å². The van der Waals surface area contributed by atoms with E-state index in [0.717, 1.165) is 11.6 Å². The Morgan fingerprint density at radius 1 is 1.09 bits per heavy atom. The van der Waals surface area contributed by atoms with E-state index < -0.39 is 17.8 Å². The number of fused-ring (bicyclic) bond motifs is 1. The molecule has 7 nitrogen and oxygen atoms in total. The van der Waals surface area contributed by atoms with Gasteiger partial charge in [0, 0.05) is 24.9 Å². The number of aromatic nitrogens is 5. The maximum atomic E-state index is 13.8. The van der Waals surface area contributed by atoms with Gasteiger partial charge in [0.15, 0.2) is 17.0 Å². The van der Waals surface area contributed by atoms with Gasteiger partial charge in [0.25, 0.3) is 5.91 Å². The van der Waals surface area contributed by atoms with Gasteiger partial charge < -0.3 is 5.32 Å². The number of halogens is 3. The number of nitrogens with zero attached hydrogens (tertiary/aromatic N) is 5. The van der Waals surface area contributed by atoms with Crippen molar-refractivity contribution in [2.45, 2.75) is 32.5 Å². The fraction of sp³-hybridized carbons (Fsp3) is 0.273. The fourth-order valence-corrected chi connectivity index (χ4v) is 3.29. The summed E-state index contributed by atoms with van der Waals surface area (Å²) in [4.78, 5) is 16.8. The van der Waals surface area contributed by atoms with E-state index in [4.69, 9.17) is 0 Å². The number of rotatable bonds is 5. The summed E-state index contributed by atoms with van der Waals surface area (Å²) in [5, 5.41) is 10.6. The summed E-state index contributed by atoms with van der Waals surface area (Å²) in [5.74, 6) is -0.315. The number of alkyl halides is 3. The molecule has 0 saturated carbocycles. The highest BCUT2D eigenvalue weighted by molar-refractivity contribution is 5.93. The van der Waals surface area contributed by atoms with Gasteiger partial charge in [-0.2, -0.15) is 23.4 Å². The molecule has 1 N–H and O–H groups in total. The molecule has 3 aromatic heterocycles. The van der Waals surface area contributed by atoms with Crippen molar-refractivity contribution < 1.29 is 18.0 Å². The Morgan fingerprint density at radius 2 is 1.81 bits per heavy atom. The molecule has 0 aliphatic carbocycles. The van der Waals surface area contributed by atoms with Gasteiger partial charge in [-0.05, 0) is 23.6 Å². The van der Waals surface area contributed by atoms with Crippen molar-refractivity contribution in [3.05, 3.63) is 71.3 Å². The van der Waals surface area contributed by atoms with Crippen LogP contribution in [0.25, 0.3) is 16.9 Å². The van der Waals surface area contributed by atoms with E-state index in [-0.39, 0.29) is 23.6 Å². The highest BCUT2D eigenvalue weighted by Gasteiger charge is 2.35. The standard InChI is InChI=1S/C22H21F3N6O/c1-13(2)14-4-6-15(7-5-14)17-10-19(22(23,24)25)31-20(27-17)11-18(29-31)21(32)26-12-16-8-9-30(3)28-16/h4-11,13H,12H2,1-3H3,(H,26,32). The van der Waals surface area contributed by atoms with E-state index in [0.29, 0.717) is 21.7 Å². The van der Waals surface area contributed by atoms with Crippen LogP contribution >= 0.6 is 0 Å². The summed E-state index contributed by atoms with van der Waals surface area (Å²) in [6.45, 7) is 4.20. The van der Waals surface area contributed by atoms with Crippen molar-refractivity contribution in [3.63, 3.8) is 0 Å². The zero-order valence-corrected chi connectivity index (χ0v) is 17.7. The summed E-state index contributed by atoms with van der Waals surface area (Å²) < 4.78 is 43.5. The Hall–Kier alpha value is -3.69. The van der Waals surface area contributed by atoms with Crippen molar-refractivity contribution in [2.24, 2.45) is 7.05 Å². The second kappa shape index (κ2) is 8.10. The van der Waals surface area contributed by atoms with Crippen LogP contribution in [0.2, 0.25) is 0 Å². The molecule has 0 bridgehead atoms. The molecule has 166 valence electrons. The smallest absolute Gasteiger partial charge is 0.345 e. The quantitative estimate of drug-likeness (QED) is 0.503. The highest BCUT2D eigenvalue weighted by atomic mass is 19.4. The van der Waals surface area contributed by atoms with Crippen LogP contribution in [0.4, 0.5) is 13.2 Å². The van der Waals surface area contributed by atoms with Crippen LogP contribution in [0.15, 0.2) is 48.7 Å². The van der Waals surface area contributed by atoms with Crippen molar-refractivity contribution in [1.29, 1.82) is 0 Å². The fourth-order valence-electron chi connectivity index (χ4n) is 3.29. The minimum atomic E-state index is -4.68. The summed E-state index contributed by atoms with van der Waals surface area (Å²) >= 11 is 0. The van der Waals surface area contributed by atoms with E-state index >= 15 is 0 Å². The lowest BCUT2D eigenvalue weighted by molar-refractivity contribution is -0.142. The second-order valence-electron chi connectivity index (χ2n) is 7.76. The van der Waals surface area contributed by atoms with Gasteiger partial charge in [0.05, 0.1) is 17.9 Å². The minimum absolute atomic E-state index is 0.0641. The van der Waals surface area contributed by atoms with Crippen molar-refractivity contribution in [1.82, 2.24) is 29.7 Å². The lowest BCUT2D eigenvalue weighted by Crippen LogP contribution is -2.23. The first-order valence-electron chi connectivity index (χ1n) is 9.97. The van der Waals surface area contributed by atoms with Crippen LogP contribution in [0.5, 0.6) is 0 Å². The Kier molecular flexibility index (Phi) is 5.45. The lowest BCUT2D eigenvalue weighted by Gasteiger charge is -2.11. The van der Waals surface area contributed by atoms with Crippen molar-refractivity contribution >= 4 is 11.6 Å². The first kappa shape index (κ1) is 21.5. The van der Waals surface area contributed by atoms with Gasteiger partial charge in [0.1, 0.15) is 0 Å². The molecule has 32 heavy (non-hydrogen) atoms. The monoisotopic (exact) mass is 442 g/mol. The highest BCUT2D eigenvalue weighted by Crippen LogP contribution is 2.32. The second-order valence-corrected chi connectivity index (χ2v) is 7.76.